The molecule has 3 aliphatic heterocycles. The Morgan fingerprint density at radius 1 is 1.00 bits per heavy atom. The molecule has 2 aromatic carbocycles. The number of morpholine rings is 1. The number of thioether (sulfide) groups is 1. The summed E-state index contributed by atoms with van der Waals surface area (Å²) in [6.45, 7) is 1.15. The highest BCUT2D eigenvalue weighted by Crippen LogP contribution is 2.44. The molecular formula is C24H21N3O4S. The molecule has 0 spiro atoms. The van der Waals surface area contributed by atoms with Crippen molar-refractivity contribution in [3.05, 3.63) is 93.4 Å². The lowest BCUT2D eigenvalue weighted by molar-refractivity contribution is -0.0197. The van der Waals surface area contributed by atoms with Crippen LogP contribution in [0.1, 0.15) is 33.2 Å². The molecule has 0 radical (unpaired) electrons. The number of rotatable bonds is 1. The van der Waals surface area contributed by atoms with Crippen LogP contribution >= 0.6 is 11.8 Å². The molecule has 1 N–H and O–H groups in total. The van der Waals surface area contributed by atoms with Crippen molar-refractivity contribution in [1.82, 2.24) is 9.58 Å². The summed E-state index contributed by atoms with van der Waals surface area (Å²) in [6, 6.07) is 17.7. The highest BCUT2D eigenvalue weighted by Gasteiger charge is 2.45. The van der Waals surface area contributed by atoms with Gasteiger partial charge >= 0.3 is 0 Å². The zero-order chi connectivity index (χ0) is 21.8. The fourth-order valence-corrected chi connectivity index (χ4v) is 6.00. The molecule has 162 valence electrons. The Labute approximate surface area is 188 Å². The smallest absolute Gasteiger partial charge is 0.278 e. The molecule has 1 amide bonds. The number of hydrogen-bond donors (Lipinski definition) is 1. The standard InChI is InChI=1S/C24H21N3O4S/c28-18-9-10-26-22(23(18)29)24(30)25-11-12-31-13-20(25)27(26)21-16-6-2-1-5-15(16)14-32-19-8-4-3-7-17(19)21/h1-10,20-21,29H,11-14H2/t20-,21+/m0/s1. The minimum atomic E-state index is -0.562. The average Bonchev–Trinajstić information content (AvgIpc) is 2.99. The van der Waals surface area contributed by atoms with Gasteiger partial charge in [-0.1, -0.05) is 42.5 Å². The van der Waals surface area contributed by atoms with Crippen LogP contribution in [0.3, 0.4) is 0 Å². The number of ether oxygens (including phenoxy) is 1. The van der Waals surface area contributed by atoms with Crippen molar-refractivity contribution in [2.75, 3.05) is 24.8 Å². The van der Waals surface area contributed by atoms with Crippen LogP contribution in [0.2, 0.25) is 0 Å². The van der Waals surface area contributed by atoms with E-state index in [4.69, 9.17) is 4.74 Å². The highest BCUT2D eigenvalue weighted by atomic mass is 32.2. The first-order valence-corrected chi connectivity index (χ1v) is 11.5. The third kappa shape index (κ3) is 2.79. The van der Waals surface area contributed by atoms with E-state index in [1.807, 2.05) is 24.3 Å². The van der Waals surface area contributed by atoms with Gasteiger partial charge in [-0.3, -0.25) is 19.3 Å². The second-order valence-electron chi connectivity index (χ2n) is 8.08. The summed E-state index contributed by atoms with van der Waals surface area (Å²) in [6.07, 6.45) is 1.21. The molecule has 7 nitrogen and oxygen atoms in total. The number of carbonyl (C=O) groups excluding carboxylic acids is 1. The van der Waals surface area contributed by atoms with Crippen LogP contribution < -0.4 is 10.4 Å². The topological polar surface area (TPSA) is 75.0 Å². The lowest BCUT2D eigenvalue weighted by Gasteiger charge is -2.51. The summed E-state index contributed by atoms with van der Waals surface area (Å²) >= 11 is 1.79. The van der Waals surface area contributed by atoms with E-state index < -0.39 is 11.2 Å². The molecule has 8 heteroatoms. The fourth-order valence-electron chi connectivity index (χ4n) is 4.91. The van der Waals surface area contributed by atoms with Crippen molar-refractivity contribution in [1.29, 1.82) is 0 Å². The first-order chi connectivity index (χ1) is 15.6. The van der Waals surface area contributed by atoms with Crippen LogP contribution in [0.5, 0.6) is 5.75 Å². The monoisotopic (exact) mass is 447 g/mol. The number of benzene rings is 2. The van der Waals surface area contributed by atoms with Crippen LogP contribution in [0.4, 0.5) is 0 Å². The van der Waals surface area contributed by atoms with Crippen molar-refractivity contribution >= 4 is 17.7 Å². The van der Waals surface area contributed by atoms with Crippen molar-refractivity contribution in [2.45, 2.75) is 22.9 Å². The van der Waals surface area contributed by atoms with Crippen LogP contribution in [0.15, 0.2) is 70.5 Å². The minimum absolute atomic E-state index is 0.00233. The van der Waals surface area contributed by atoms with Gasteiger partial charge in [0.25, 0.3) is 5.91 Å². The number of fused-ring (bicyclic) bond motifs is 4. The Morgan fingerprint density at radius 3 is 2.66 bits per heavy atom. The zero-order valence-corrected chi connectivity index (χ0v) is 18.0. The number of amides is 1. The Kier molecular flexibility index (Phi) is 4.51. The molecule has 1 fully saturated rings. The third-order valence-corrected chi connectivity index (χ3v) is 7.52. The first kappa shape index (κ1) is 19.5. The summed E-state index contributed by atoms with van der Waals surface area (Å²) in [5.41, 5.74) is 2.90. The van der Waals surface area contributed by atoms with E-state index in [1.54, 1.807) is 27.5 Å². The molecule has 0 unspecified atom stereocenters. The summed E-state index contributed by atoms with van der Waals surface area (Å²) < 4.78 is 7.46. The zero-order valence-electron chi connectivity index (χ0n) is 17.2. The van der Waals surface area contributed by atoms with Gasteiger partial charge in [0.1, 0.15) is 6.17 Å². The maximum absolute atomic E-state index is 13.3. The fraction of sp³-hybridized carbons (Fsp3) is 0.250. The maximum Gasteiger partial charge on any atom is 0.278 e. The molecule has 0 saturated carbocycles. The molecule has 1 saturated heterocycles. The van der Waals surface area contributed by atoms with Gasteiger partial charge in [-0.2, -0.15) is 0 Å². The van der Waals surface area contributed by atoms with Crippen molar-refractivity contribution < 1.29 is 14.6 Å². The van der Waals surface area contributed by atoms with E-state index in [2.05, 4.69) is 29.3 Å². The van der Waals surface area contributed by atoms with E-state index in [0.29, 0.717) is 19.8 Å². The predicted molar refractivity (Wildman–Crippen MR) is 121 cm³/mol. The van der Waals surface area contributed by atoms with E-state index in [1.165, 1.54) is 16.5 Å². The van der Waals surface area contributed by atoms with Crippen molar-refractivity contribution in [3.8, 4) is 5.75 Å². The summed E-state index contributed by atoms with van der Waals surface area (Å²) in [5, 5.41) is 12.7. The van der Waals surface area contributed by atoms with E-state index in [9.17, 15) is 14.7 Å². The second-order valence-corrected chi connectivity index (χ2v) is 9.10. The third-order valence-electron chi connectivity index (χ3n) is 6.39. The number of hydrogen-bond acceptors (Lipinski definition) is 6. The largest absolute Gasteiger partial charge is 0.502 e. The Hall–Kier alpha value is -3.23. The van der Waals surface area contributed by atoms with E-state index >= 15 is 0 Å². The molecule has 32 heavy (non-hydrogen) atoms. The van der Waals surface area contributed by atoms with Gasteiger partial charge in [-0.25, -0.2) is 0 Å². The summed E-state index contributed by atoms with van der Waals surface area (Å²) in [4.78, 5) is 28.5. The molecule has 2 atom stereocenters. The van der Waals surface area contributed by atoms with Crippen LogP contribution in [-0.4, -0.2) is 46.5 Å². The molecule has 4 heterocycles. The van der Waals surface area contributed by atoms with Gasteiger partial charge in [-0.15, -0.1) is 11.8 Å². The molecule has 3 aliphatic rings. The maximum atomic E-state index is 13.3. The minimum Gasteiger partial charge on any atom is -0.502 e. The van der Waals surface area contributed by atoms with Gasteiger partial charge in [0.05, 0.1) is 19.3 Å². The molecular weight excluding hydrogens is 426 g/mol. The normalized spacial score (nSPS) is 21.8. The average molecular weight is 448 g/mol. The summed E-state index contributed by atoms with van der Waals surface area (Å²) in [7, 11) is 0. The number of carbonyl (C=O) groups is 1. The van der Waals surface area contributed by atoms with E-state index in [0.717, 1.165) is 16.9 Å². The lowest BCUT2D eigenvalue weighted by atomic mass is 9.93. The Morgan fingerprint density at radius 2 is 1.78 bits per heavy atom. The van der Waals surface area contributed by atoms with E-state index in [-0.39, 0.29) is 23.8 Å². The number of nitrogens with zero attached hydrogens (tertiary/aromatic N) is 3. The lowest BCUT2D eigenvalue weighted by Crippen LogP contribution is -2.66. The van der Waals surface area contributed by atoms with Gasteiger partial charge in [0.15, 0.2) is 11.4 Å². The quantitative estimate of drug-likeness (QED) is 0.618. The van der Waals surface area contributed by atoms with Crippen LogP contribution in [0, 0.1) is 0 Å². The second kappa shape index (κ2) is 7.43. The Balaban J connectivity index is 1.66. The van der Waals surface area contributed by atoms with Crippen LogP contribution in [0.25, 0.3) is 0 Å². The Bertz CT molecular complexity index is 1240. The highest BCUT2D eigenvalue weighted by molar-refractivity contribution is 7.98. The van der Waals surface area contributed by atoms with Gasteiger partial charge in [0.2, 0.25) is 5.43 Å². The van der Waals surface area contributed by atoms with Gasteiger partial charge < -0.3 is 14.7 Å². The predicted octanol–water partition coefficient (Wildman–Crippen LogP) is 2.70. The molecule has 0 aliphatic carbocycles. The summed E-state index contributed by atoms with van der Waals surface area (Å²) in [5.74, 6) is -0.0322. The molecule has 0 bridgehead atoms. The number of aromatic nitrogens is 1. The van der Waals surface area contributed by atoms with Crippen molar-refractivity contribution in [3.63, 3.8) is 0 Å². The number of pyridine rings is 1. The van der Waals surface area contributed by atoms with Crippen molar-refractivity contribution in [2.24, 2.45) is 0 Å². The van der Waals surface area contributed by atoms with Crippen LogP contribution in [-0.2, 0) is 10.5 Å². The molecule has 3 aromatic rings. The first-order valence-electron chi connectivity index (χ1n) is 10.6. The van der Waals surface area contributed by atoms with Gasteiger partial charge in [0, 0.05) is 29.5 Å². The number of aromatic hydroxyl groups is 1. The molecule has 1 aromatic heterocycles. The SMILES string of the molecule is O=C1c2c(O)c(=O)ccn2N([C@@H]2c3ccccc3CSc3ccccc32)[C@H]2COCCN12. The molecule has 6 rings (SSSR count). The van der Waals surface area contributed by atoms with Gasteiger partial charge in [-0.05, 0) is 22.8 Å².